The second-order valence-corrected chi connectivity index (χ2v) is 8.07. The zero-order valence-corrected chi connectivity index (χ0v) is 15.6. The van der Waals surface area contributed by atoms with Gasteiger partial charge in [-0.25, -0.2) is 5.84 Å². The molecule has 4 atom stereocenters. The first kappa shape index (κ1) is 17.7. The number of aromatic hydroxyl groups is 1. The molecular formula is C20H20Cl2N2O2. The van der Waals surface area contributed by atoms with Crippen molar-refractivity contribution in [1.82, 2.24) is 5.01 Å². The molecule has 0 radical (unpaired) electrons. The number of phenolic OH excluding ortho intramolecular Hbond substituents is 1. The number of carbonyl (C=O) groups excluding carboxylic acids is 1. The lowest BCUT2D eigenvalue weighted by Crippen LogP contribution is -2.33. The van der Waals surface area contributed by atoms with Gasteiger partial charge in [0.15, 0.2) is 0 Å². The number of phenols is 1. The van der Waals surface area contributed by atoms with Gasteiger partial charge in [-0.1, -0.05) is 41.4 Å². The minimum absolute atomic E-state index is 0.0317. The molecule has 4 nitrogen and oxygen atoms in total. The molecule has 0 aromatic heterocycles. The second kappa shape index (κ2) is 6.76. The smallest absolute Gasteiger partial charge is 0.239 e. The average molecular weight is 391 g/mol. The van der Waals surface area contributed by atoms with Crippen LogP contribution >= 0.6 is 23.2 Å². The van der Waals surface area contributed by atoms with Gasteiger partial charge >= 0.3 is 0 Å². The number of fused-ring (bicyclic) bond motifs is 1. The lowest BCUT2D eigenvalue weighted by Gasteiger charge is -2.39. The lowest BCUT2D eigenvalue weighted by atomic mass is 9.63. The van der Waals surface area contributed by atoms with Gasteiger partial charge in [-0.15, -0.1) is 0 Å². The second-order valence-electron chi connectivity index (χ2n) is 7.23. The Balaban J connectivity index is 1.79. The summed E-state index contributed by atoms with van der Waals surface area (Å²) in [5.41, 5.74) is 2.15. The Labute approximate surface area is 162 Å². The average Bonchev–Trinajstić information content (AvgIpc) is 2.90. The van der Waals surface area contributed by atoms with Crippen molar-refractivity contribution in [2.24, 2.45) is 17.7 Å². The number of carbonyl (C=O) groups is 1. The van der Waals surface area contributed by atoms with E-state index in [4.69, 9.17) is 29.0 Å². The van der Waals surface area contributed by atoms with E-state index in [1.165, 1.54) is 5.01 Å². The third-order valence-electron chi connectivity index (χ3n) is 5.85. The minimum atomic E-state index is -0.0483. The van der Waals surface area contributed by atoms with Crippen LogP contribution in [0.4, 0.5) is 0 Å². The molecule has 2 fully saturated rings. The van der Waals surface area contributed by atoms with Gasteiger partial charge < -0.3 is 5.11 Å². The van der Waals surface area contributed by atoms with Crippen LogP contribution < -0.4 is 5.84 Å². The summed E-state index contributed by atoms with van der Waals surface area (Å²) in [6.07, 6.45) is 1.64. The van der Waals surface area contributed by atoms with Gasteiger partial charge in [0, 0.05) is 22.5 Å². The Kier molecular flexibility index (Phi) is 4.59. The van der Waals surface area contributed by atoms with Crippen molar-refractivity contribution < 1.29 is 9.90 Å². The molecule has 1 aliphatic heterocycles. The first-order valence-corrected chi connectivity index (χ1v) is 9.51. The molecule has 0 spiro atoms. The summed E-state index contributed by atoms with van der Waals surface area (Å²) in [7, 11) is 0. The molecule has 26 heavy (non-hydrogen) atoms. The molecule has 2 aromatic rings. The molecule has 2 aromatic carbocycles. The molecule has 136 valence electrons. The van der Waals surface area contributed by atoms with Gasteiger partial charge in [-0.3, -0.25) is 9.80 Å². The fourth-order valence-electron chi connectivity index (χ4n) is 4.71. The van der Waals surface area contributed by atoms with E-state index in [-0.39, 0.29) is 35.3 Å². The molecule has 4 rings (SSSR count). The molecule has 1 saturated heterocycles. The molecule has 1 amide bonds. The van der Waals surface area contributed by atoms with E-state index >= 15 is 0 Å². The van der Waals surface area contributed by atoms with Crippen molar-refractivity contribution in [3.63, 3.8) is 0 Å². The van der Waals surface area contributed by atoms with E-state index in [9.17, 15) is 9.90 Å². The molecule has 1 aliphatic carbocycles. The van der Waals surface area contributed by atoms with E-state index in [0.29, 0.717) is 16.6 Å². The first-order chi connectivity index (χ1) is 12.5. The quantitative estimate of drug-likeness (QED) is 0.592. The van der Waals surface area contributed by atoms with E-state index < -0.39 is 0 Å². The summed E-state index contributed by atoms with van der Waals surface area (Å²) in [5.74, 6) is 6.49. The van der Waals surface area contributed by atoms with Crippen LogP contribution in [-0.4, -0.2) is 22.6 Å². The van der Waals surface area contributed by atoms with Crippen molar-refractivity contribution in [1.29, 1.82) is 0 Å². The summed E-state index contributed by atoms with van der Waals surface area (Å²) in [4.78, 5) is 12.4. The lowest BCUT2D eigenvalue weighted by molar-refractivity contribution is -0.132. The molecule has 4 unspecified atom stereocenters. The third kappa shape index (κ3) is 2.96. The molecule has 0 bridgehead atoms. The summed E-state index contributed by atoms with van der Waals surface area (Å²) < 4.78 is 0. The number of hydrogen-bond acceptors (Lipinski definition) is 3. The van der Waals surface area contributed by atoms with Gasteiger partial charge in [0.25, 0.3) is 0 Å². The van der Waals surface area contributed by atoms with Crippen LogP contribution in [-0.2, 0) is 4.79 Å². The molecule has 6 heteroatoms. The molecule has 2 aliphatic rings. The van der Waals surface area contributed by atoms with Gasteiger partial charge in [-0.2, -0.15) is 0 Å². The summed E-state index contributed by atoms with van der Waals surface area (Å²) >= 11 is 12.5. The van der Waals surface area contributed by atoms with E-state index in [1.807, 2.05) is 30.3 Å². The molecule has 1 saturated carbocycles. The number of nitrogens with zero attached hydrogens (tertiary/aromatic N) is 1. The van der Waals surface area contributed by atoms with Crippen molar-refractivity contribution in [3.05, 3.63) is 63.6 Å². The van der Waals surface area contributed by atoms with Crippen molar-refractivity contribution in [2.45, 2.75) is 24.7 Å². The van der Waals surface area contributed by atoms with Gasteiger partial charge in [0.2, 0.25) is 5.91 Å². The van der Waals surface area contributed by atoms with E-state index in [0.717, 1.165) is 24.0 Å². The van der Waals surface area contributed by atoms with Crippen LogP contribution in [0.3, 0.4) is 0 Å². The Morgan fingerprint density at radius 1 is 1.04 bits per heavy atom. The van der Waals surface area contributed by atoms with Crippen LogP contribution in [0.15, 0.2) is 42.5 Å². The molecule has 3 N–H and O–H groups in total. The minimum Gasteiger partial charge on any atom is -0.508 e. The fourth-order valence-corrected chi connectivity index (χ4v) is 5.15. The number of benzene rings is 2. The Hall–Kier alpha value is -1.75. The predicted molar refractivity (Wildman–Crippen MR) is 102 cm³/mol. The van der Waals surface area contributed by atoms with Gasteiger partial charge in [0.1, 0.15) is 5.75 Å². The van der Waals surface area contributed by atoms with Crippen LogP contribution in [0.25, 0.3) is 0 Å². The molecular weight excluding hydrogens is 371 g/mol. The molecule has 1 heterocycles. The monoisotopic (exact) mass is 390 g/mol. The maximum atomic E-state index is 12.4. The summed E-state index contributed by atoms with van der Waals surface area (Å²) in [6.45, 7) is 0.545. The Bertz CT molecular complexity index is 840. The zero-order chi connectivity index (χ0) is 18.4. The zero-order valence-electron chi connectivity index (χ0n) is 14.1. The van der Waals surface area contributed by atoms with Crippen molar-refractivity contribution in [3.8, 4) is 5.75 Å². The number of nitrogens with two attached hydrogens (primary N) is 1. The number of amides is 1. The first-order valence-electron chi connectivity index (χ1n) is 8.75. The number of halogens is 2. The highest BCUT2D eigenvalue weighted by molar-refractivity contribution is 6.31. The predicted octanol–water partition coefficient (Wildman–Crippen LogP) is 4.31. The SMILES string of the molecule is NN1CC2C(CCC(c3ccc(O)cc3Cl)C2c2ccc(Cl)cc2)C1=O. The van der Waals surface area contributed by atoms with Gasteiger partial charge in [-0.05, 0) is 66.0 Å². The van der Waals surface area contributed by atoms with Gasteiger partial charge in [0.05, 0.1) is 0 Å². The Morgan fingerprint density at radius 3 is 2.42 bits per heavy atom. The van der Waals surface area contributed by atoms with Crippen LogP contribution in [0.1, 0.15) is 35.8 Å². The van der Waals surface area contributed by atoms with Crippen LogP contribution in [0, 0.1) is 11.8 Å². The third-order valence-corrected chi connectivity index (χ3v) is 6.43. The summed E-state index contributed by atoms with van der Waals surface area (Å²) in [6, 6.07) is 13.0. The largest absolute Gasteiger partial charge is 0.508 e. The normalized spacial score (nSPS) is 28.3. The maximum absolute atomic E-state index is 12.4. The number of hydrazine groups is 1. The highest BCUT2D eigenvalue weighted by Crippen LogP contribution is 2.53. The fraction of sp³-hybridized carbons (Fsp3) is 0.350. The summed E-state index contributed by atoms with van der Waals surface area (Å²) in [5, 5.41) is 12.3. The van der Waals surface area contributed by atoms with Crippen LogP contribution in [0.5, 0.6) is 5.75 Å². The topological polar surface area (TPSA) is 66.6 Å². The number of rotatable bonds is 2. The van der Waals surface area contributed by atoms with Crippen molar-refractivity contribution >= 4 is 29.1 Å². The van der Waals surface area contributed by atoms with Crippen LogP contribution in [0.2, 0.25) is 10.0 Å². The van der Waals surface area contributed by atoms with Crippen molar-refractivity contribution in [2.75, 3.05) is 6.54 Å². The highest BCUT2D eigenvalue weighted by atomic mass is 35.5. The highest BCUT2D eigenvalue weighted by Gasteiger charge is 2.49. The van der Waals surface area contributed by atoms with E-state index in [2.05, 4.69) is 0 Å². The standard InChI is InChI=1S/C20H20Cl2N2O2/c21-12-3-1-11(2-4-12)19-15(14-6-5-13(25)9-18(14)22)7-8-16-17(19)10-24(23)20(16)26/h1-6,9,15-17,19,25H,7-8,10,23H2. The maximum Gasteiger partial charge on any atom is 0.239 e. The Morgan fingerprint density at radius 2 is 1.73 bits per heavy atom. The van der Waals surface area contributed by atoms with E-state index in [1.54, 1.807) is 12.1 Å². The number of hydrogen-bond donors (Lipinski definition) is 2.